The Bertz CT molecular complexity index is 575. The van der Waals surface area contributed by atoms with E-state index < -0.39 is 17.5 Å². The average molecular weight is 265 g/mol. The molecule has 0 radical (unpaired) electrons. The lowest BCUT2D eigenvalue weighted by atomic mass is 10.2. The summed E-state index contributed by atoms with van der Waals surface area (Å²) in [5.74, 6) is -2.03. The molecule has 0 fully saturated rings. The van der Waals surface area contributed by atoms with Gasteiger partial charge in [0.1, 0.15) is 11.6 Å². The molecule has 1 aromatic heterocycles. The number of halogens is 2. The van der Waals surface area contributed by atoms with Crippen LogP contribution in [0.2, 0.25) is 0 Å². The summed E-state index contributed by atoms with van der Waals surface area (Å²) in [6, 6.07) is 2.73. The van der Waals surface area contributed by atoms with Crippen LogP contribution in [0.4, 0.5) is 8.78 Å². The van der Waals surface area contributed by atoms with Crippen LogP contribution in [0.25, 0.3) is 0 Å². The number of benzene rings is 1. The molecule has 2 rings (SSSR count). The van der Waals surface area contributed by atoms with Gasteiger partial charge in [-0.3, -0.25) is 9.48 Å². The lowest BCUT2D eigenvalue weighted by Crippen LogP contribution is -2.25. The van der Waals surface area contributed by atoms with Crippen molar-refractivity contribution < 1.29 is 13.6 Å². The third kappa shape index (κ3) is 3.61. The number of amides is 1. The lowest BCUT2D eigenvalue weighted by molar-refractivity contribution is 0.0953. The zero-order chi connectivity index (χ0) is 13.8. The number of aryl methyl sites for hydroxylation is 1. The monoisotopic (exact) mass is 265 g/mol. The first kappa shape index (κ1) is 13.2. The molecule has 0 aliphatic rings. The number of nitrogens with zero attached hydrogens (tertiary/aromatic N) is 2. The molecule has 0 saturated heterocycles. The molecule has 0 aliphatic heterocycles. The quantitative estimate of drug-likeness (QED) is 0.914. The maximum absolute atomic E-state index is 12.9. The standard InChI is InChI=1S/C13H13F2N3O/c1-18-8-9(7-17-18)2-3-16-13(19)10-4-11(14)6-12(15)5-10/h4-8H,2-3H2,1H3,(H,16,19). The summed E-state index contributed by atoms with van der Waals surface area (Å²) in [5.41, 5.74) is 0.955. The minimum Gasteiger partial charge on any atom is -0.352 e. The minimum absolute atomic E-state index is 0.0244. The van der Waals surface area contributed by atoms with Gasteiger partial charge in [-0.05, 0) is 24.1 Å². The second-order valence-corrected chi connectivity index (χ2v) is 4.19. The van der Waals surface area contributed by atoms with Crippen LogP contribution in [0.15, 0.2) is 30.6 Å². The maximum atomic E-state index is 12.9. The molecule has 100 valence electrons. The molecule has 0 spiro atoms. The highest BCUT2D eigenvalue weighted by Crippen LogP contribution is 2.07. The summed E-state index contributed by atoms with van der Waals surface area (Å²) < 4.78 is 27.6. The first-order valence-corrected chi connectivity index (χ1v) is 5.76. The Morgan fingerprint density at radius 1 is 1.32 bits per heavy atom. The molecule has 4 nitrogen and oxygen atoms in total. The predicted octanol–water partition coefficient (Wildman–Crippen LogP) is 1.67. The average Bonchev–Trinajstić information content (AvgIpc) is 2.73. The van der Waals surface area contributed by atoms with Crippen molar-refractivity contribution in [2.24, 2.45) is 7.05 Å². The van der Waals surface area contributed by atoms with E-state index in [1.54, 1.807) is 17.9 Å². The summed E-state index contributed by atoms with van der Waals surface area (Å²) >= 11 is 0. The molecule has 0 unspecified atom stereocenters. The molecular weight excluding hydrogens is 252 g/mol. The van der Waals surface area contributed by atoms with Gasteiger partial charge < -0.3 is 5.32 Å². The van der Waals surface area contributed by atoms with E-state index >= 15 is 0 Å². The van der Waals surface area contributed by atoms with Crippen molar-refractivity contribution in [1.82, 2.24) is 15.1 Å². The van der Waals surface area contributed by atoms with E-state index in [0.717, 1.165) is 23.8 Å². The molecule has 19 heavy (non-hydrogen) atoms. The summed E-state index contributed by atoms with van der Waals surface area (Å²) in [5, 5.41) is 6.60. The Morgan fingerprint density at radius 3 is 2.58 bits per heavy atom. The molecule has 1 amide bonds. The van der Waals surface area contributed by atoms with Crippen molar-refractivity contribution in [3.8, 4) is 0 Å². The van der Waals surface area contributed by atoms with Crippen LogP contribution < -0.4 is 5.32 Å². The zero-order valence-corrected chi connectivity index (χ0v) is 10.4. The highest BCUT2D eigenvalue weighted by molar-refractivity contribution is 5.94. The SMILES string of the molecule is Cn1cc(CCNC(=O)c2cc(F)cc(F)c2)cn1. The third-order valence-electron chi connectivity index (χ3n) is 2.58. The molecule has 0 saturated carbocycles. The van der Waals surface area contributed by atoms with Crippen molar-refractivity contribution in [2.45, 2.75) is 6.42 Å². The van der Waals surface area contributed by atoms with E-state index in [1.807, 2.05) is 6.20 Å². The summed E-state index contributed by atoms with van der Waals surface area (Å²) in [6.45, 7) is 0.378. The minimum atomic E-state index is -0.766. The van der Waals surface area contributed by atoms with Gasteiger partial charge in [-0.2, -0.15) is 5.10 Å². The van der Waals surface area contributed by atoms with Crippen LogP contribution >= 0.6 is 0 Å². The van der Waals surface area contributed by atoms with Crippen LogP contribution in [-0.2, 0) is 13.5 Å². The number of aromatic nitrogens is 2. The molecule has 0 aliphatic carbocycles. The van der Waals surface area contributed by atoms with E-state index in [2.05, 4.69) is 10.4 Å². The Kier molecular flexibility index (Phi) is 3.89. The second kappa shape index (κ2) is 5.60. The van der Waals surface area contributed by atoms with Gasteiger partial charge in [0.05, 0.1) is 6.20 Å². The largest absolute Gasteiger partial charge is 0.352 e. The molecule has 6 heteroatoms. The topological polar surface area (TPSA) is 46.9 Å². The van der Waals surface area contributed by atoms with Gasteiger partial charge in [0.2, 0.25) is 0 Å². The maximum Gasteiger partial charge on any atom is 0.251 e. The van der Waals surface area contributed by atoms with E-state index in [9.17, 15) is 13.6 Å². The number of hydrogen-bond donors (Lipinski definition) is 1. The first-order chi connectivity index (χ1) is 9.04. The zero-order valence-electron chi connectivity index (χ0n) is 10.4. The molecular formula is C13H13F2N3O. The Hall–Kier alpha value is -2.24. The van der Waals surface area contributed by atoms with Crippen molar-refractivity contribution in [1.29, 1.82) is 0 Å². The van der Waals surface area contributed by atoms with Gasteiger partial charge in [0, 0.05) is 31.4 Å². The smallest absolute Gasteiger partial charge is 0.251 e. The van der Waals surface area contributed by atoms with Crippen molar-refractivity contribution in [3.05, 3.63) is 53.4 Å². The van der Waals surface area contributed by atoms with Gasteiger partial charge in [-0.15, -0.1) is 0 Å². The highest BCUT2D eigenvalue weighted by Gasteiger charge is 2.08. The Labute approximate surface area is 109 Å². The number of rotatable bonds is 4. The van der Waals surface area contributed by atoms with Crippen molar-refractivity contribution in [3.63, 3.8) is 0 Å². The van der Waals surface area contributed by atoms with Gasteiger partial charge in [-0.1, -0.05) is 0 Å². The molecule has 1 N–H and O–H groups in total. The molecule has 1 heterocycles. The molecule has 1 aromatic carbocycles. The lowest BCUT2D eigenvalue weighted by Gasteiger charge is -2.04. The third-order valence-corrected chi connectivity index (χ3v) is 2.58. The number of hydrogen-bond acceptors (Lipinski definition) is 2. The number of nitrogens with one attached hydrogen (secondary N) is 1. The van der Waals surface area contributed by atoms with Gasteiger partial charge in [0.25, 0.3) is 5.91 Å². The predicted molar refractivity (Wildman–Crippen MR) is 65.6 cm³/mol. The summed E-state index contributed by atoms with van der Waals surface area (Å²) in [6.07, 6.45) is 4.15. The fraction of sp³-hybridized carbons (Fsp3) is 0.231. The number of carbonyl (C=O) groups is 1. The van der Waals surface area contributed by atoms with E-state index in [4.69, 9.17) is 0 Å². The second-order valence-electron chi connectivity index (χ2n) is 4.19. The van der Waals surface area contributed by atoms with Gasteiger partial charge >= 0.3 is 0 Å². The molecule has 0 atom stereocenters. The van der Waals surface area contributed by atoms with Gasteiger partial charge in [0.15, 0.2) is 0 Å². The highest BCUT2D eigenvalue weighted by atomic mass is 19.1. The molecule has 0 bridgehead atoms. The van der Waals surface area contributed by atoms with E-state index in [0.29, 0.717) is 13.0 Å². The first-order valence-electron chi connectivity index (χ1n) is 5.76. The fourth-order valence-corrected chi connectivity index (χ4v) is 1.71. The van der Waals surface area contributed by atoms with Crippen molar-refractivity contribution in [2.75, 3.05) is 6.54 Å². The Morgan fingerprint density at radius 2 is 2.00 bits per heavy atom. The summed E-state index contributed by atoms with van der Waals surface area (Å²) in [7, 11) is 1.80. The van der Waals surface area contributed by atoms with Crippen LogP contribution in [0.5, 0.6) is 0 Å². The van der Waals surface area contributed by atoms with Crippen LogP contribution in [0, 0.1) is 11.6 Å². The Balaban J connectivity index is 1.90. The fourth-order valence-electron chi connectivity index (χ4n) is 1.71. The normalized spacial score (nSPS) is 10.5. The number of carbonyl (C=O) groups excluding carboxylic acids is 1. The van der Waals surface area contributed by atoms with E-state index in [1.165, 1.54) is 0 Å². The van der Waals surface area contributed by atoms with Crippen LogP contribution in [0.3, 0.4) is 0 Å². The van der Waals surface area contributed by atoms with E-state index in [-0.39, 0.29) is 5.56 Å². The van der Waals surface area contributed by atoms with Gasteiger partial charge in [-0.25, -0.2) is 8.78 Å². The van der Waals surface area contributed by atoms with Crippen molar-refractivity contribution >= 4 is 5.91 Å². The molecule has 2 aromatic rings. The van der Waals surface area contributed by atoms with Crippen LogP contribution in [-0.4, -0.2) is 22.2 Å². The van der Waals surface area contributed by atoms with Crippen LogP contribution in [0.1, 0.15) is 15.9 Å². The summed E-state index contributed by atoms with van der Waals surface area (Å²) in [4.78, 5) is 11.7.